The lowest BCUT2D eigenvalue weighted by Crippen LogP contribution is -2.60. The van der Waals surface area contributed by atoms with Crippen LogP contribution in [0.5, 0.6) is 0 Å². The molecule has 1 saturated heterocycles. The van der Waals surface area contributed by atoms with E-state index in [2.05, 4.69) is 43.5 Å². The van der Waals surface area contributed by atoms with Gasteiger partial charge in [0, 0.05) is 0 Å². The van der Waals surface area contributed by atoms with Crippen LogP contribution >= 0.6 is 0 Å². The fourth-order valence-electron chi connectivity index (χ4n) is 10.5. The van der Waals surface area contributed by atoms with Gasteiger partial charge in [-0.1, -0.05) is 282 Å². The third kappa shape index (κ3) is 41.3. The molecule has 1 rings (SSSR count). The zero-order valence-corrected chi connectivity index (χ0v) is 48.8. The Morgan fingerprint density at radius 1 is 0.453 bits per heavy atom. The number of aliphatic hydroxyl groups is 7. The summed E-state index contributed by atoms with van der Waals surface area (Å²) in [4.78, 5) is 13.2. The number of rotatable bonds is 56. The predicted octanol–water partition coefficient (Wildman–Crippen LogP) is 14.5. The van der Waals surface area contributed by atoms with E-state index >= 15 is 0 Å². The molecule has 0 aliphatic carbocycles. The Hall–Kier alpha value is -1.41. The van der Waals surface area contributed by atoms with Crippen LogP contribution in [0.4, 0.5) is 0 Å². The summed E-state index contributed by atoms with van der Waals surface area (Å²) in [5.74, 6) is -0.704. The molecule has 8 N–H and O–H groups in total. The second-order valence-corrected chi connectivity index (χ2v) is 22.8. The van der Waals surface area contributed by atoms with Crippen molar-refractivity contribution in [3.05, 3.63) is 24.3 Å². The Morgan fingerprint density at radius 2 is 0.800 bits per heavy atom. The molecule has 0 radical (unpaired) electrons. The first kappa shape index (κ1) is 71.6. The lowest BCUT2D eigenvalue weighted by Gasteiger charge is -2.40. The van der Waals surface area contributed by atoms with Gasteiger partial charge >= 0.3 is 0 Å². The van der Waals surface area contributed by atoms with Gasteiger partial charge < -0.3 is 50.5 Å². The van der Waals surface area contributed by atoms with E-state index < -0.39 is 74.2 Å². The molecule has 1 aliphatic heterocycles. The summed E-state index contributed by atoms with van der Waals surface area (Å²) in [6.45, 7) is 3.49. The highest BCUT2D eigenvalue weighted by molar-refractivity contribution is 5.80. The van der Waals surface area contributed by atoms with Crippen molar-refractivity contribution in [1.82, 2.24) is 5.32 Å². The largest absolute Gasteiger partial charge is 0.394 e. The van der Waals surface area contributed by atoms with Gasteiger partial charge in [0.25, 0.3) is 0 Å². The quantitative estimate of drug-likeness (QED) is 0.0215. The number of hydrogen-bond acceptors (Lipinski definition) is 10. The van der Waals surface area contributed by atoms with Crippen LogP contribution in [0, 0.1) is 0 Å². The van der Waals surface area contributed by atoms with Crippen LogP contribution in [0.15, 0.2) is 24.3 Å². The second kappa shape index (κ2) is 53.2. The number of hydrogen-bond donors (Lipinski definition) is 8. The lowest BCUT2D eigenvalue weighted by atomic mass is 9.98. The molecule has 444 valence electrons. The maximum absolute atomic E-state index is 13.2. The molecule has 1 aliphatic rings. The Labute approximate surface area is 461 Å². The van der Waals surface area contributed by atoms with Gasteiger partial charge in [-0.2, -0.15) is 0 Å². The summed E-state index contributed by atoms with van der Waals surface area (Å²) in [7, 11) is 0. The van der Waals surface area contributed by atoms with E-state index in [4.69, 9.17) is 9.47 Å². The summed E-state index contributed by atoms with van der Waals surface area (Å²) in [5, 5.41) is 76.3. The maximum atomic E-state index is 13.2. The summed E-state index contributed by atoms with van der Waals surface area (Å²) >= 11 is 0. The smallest absolute Gasteiger partial charge is 0.249 e. The highest BCUT2D eigenvalue weighted by atomic mass is 16.7. The zero-order valence-electron chi connectivity index (χ0n) is 48.8. The van der Waals surface area contributed by atoms with E-state index in [0.29, 0.717) is 19.3 Å². The standard InChI is InChI=1S/C64H123NO10/c1-3-5-7-9-11-13-15-17-19-21-23-25-27-28-29-30-32-33-35-37-39-41-43-45-47-49-51-56(67)59(69)55(54-74-64-62(72)61(71)60(70)58(53-66)75-64)65-63(73)57(68)52-50-48-46-44-42-40-38-36-34-31-26-24-22-20-18-16-14-12-10-8-6-4-2/h35,37,43,45,55-62,64,66-72H,3-34,36,38-42,44,46-54H2,1-2H3,(H,65,73)/b37-35+,45-43+. The second-order valence-electron chi connectivity index (χ2n) is 22.8. The van der Waals surface area contributed by atoms with Gasteiger partial charge in [-0.25, -0.2) is 0 Å². The summed E-state index contributed by atoms with van der Waals surface area (Å²) in [6.07, 6.45) is 53.9. The average Bonchev–Trinajstić information content (AvgIpc) is 3.41. The van der Waals surface area contributed by atoms with Crippen molar-refractivity contribution < 1.29 is 50.0 Å². The number of carbonyl (C=O) groups is 1. The fraction of sp³-hybridized carbons (Fsp3) is 0.922. The molecular weight excluding hydrogens is 943 g/mol. The minimum atomic E-state index is -1.67. The molecular formula is C64H123NO10. The van der Waals surface area contributed by atoms with Crippen LogP contribution in [-0.4, -0.2) is 110 Å². The molecule has 0 aromatic rings. The van der Waals surface area contributed by atoms with Crippen molar-refractivity contribution in [3.8, 4) is 0 Å². The Balaban J connectivity index is 2.28. The molecule has 1 fully saturated rings. The molecule has 0 aromatic heterocycles. The molecule has 11 nitrogen and oxygen atoms in total. The third-order valence-electron chi connectivity index (χ3n) is 15.7. The topological polar surface area (TPSA) is 189 Å². The van der Waals surface area contributed by atoms with Gasteiger partial charge in [-0.15, -0.1) is 0 Å². The fourth-order valence-corrected chi connectivity index (χ4v) is 10.5. The van der Waals surface area contributed by atoms with E-state index in [1.807, 2.05) is 0 Å². The number of aliphatic hydroxyl groups excluding tert-OH is 7. The molecule has 0 aromatic carbocycles. The highest BCUT2D eigenvalue weighted by Crippen LogP contribution is 2.24. The molecule has 9 atom stereocenters. The number of ether oxygens (including phenoxy) is 2. The van der Waals surface area contributed by atoms with Crippen LogP contribution in [-0.2, 0) is 14.3 Å². The van der Waals surface area contributed by atoms with Crippen LogP contribution in [0.1, 0.15) is 309 Å². The first-order chi connectivity index (χ1) is 36.7. The lowest BCUT2D eigenvalue weighted by molar-refractivity contribution is -0.303. The average molecular weight is 1070 g/mol. The van der Waals surface area contributed by atoms with E-state index in [-0.39, 0.29) is 12.8 Å². The molecule has 9 unspecified atom stereocenters. The van der Waals surface area contributed by atoms with Gasteiger partial charge in [-0.3, -0.25) is 4.79 Å². The van der Waals surface area contributed by atoms with E-state index in [1.165, 1.54) is 225 Å². The van der Waals surface area contributed by atoms with Crippen molar-refractivity contribution in [1.29, 1.82) is 0 Å². The van der Waals surface area contributed by atoms with Crippen LogP contribution in [0.25, 0.3) is 0 Å². The molecule has 75 heavy (non-hydrogen) atoms. The maximum Gasteiger partial charge on any atom is 0.249 e. The molecule has 1 amide bonds. The van der Waals surface area contributed by atoms with Crippen LogP contribution in [0.3, 0.4) is 0 Å². The van der Waals surface area contributed by atoms with Crippen molar-refractivity contribution in [2.45, 2.75) is 364 Å². The normalized spacial score (nSPS) is 19.8. The minimum Gasteiger partial charge on any atom is -0.394 e. The van der Waals surface area contributed by atoms with Gasteiger partial charge in [0.1, 0.15) is 36.6 Å². The van der Waals surface area contributed by atoms with Gasteiger partial charge in [0.15, 0.2) is 6.29 Å². The summed E-state index contributed by atoms with van der Waals surface area (Å²) < 4.78 is 11.2. The Bertz CT molecular complexity index is 1270. The minimum absolute atomic E-state index is 0.249. The van der Waals surface area contributed by atoms with Gasteiger partial charge in [0.05, 0.1) is 25.4 Å². The van der Waals surface area contributed by atoms with Gasteiger partial charge in [0.2, 0.25) is 5.91 Å². The van der Waals surface area contributed by atoms with E-state index in [0.717, 1.165) is 38.5 Å². The number of unbranched alkanes of at least 4 members (excludes halogenated alkanes) is 40. The van der Waals surface area contributed by atoms with Crippen molar-refractivity contribution in [3.63, 3.8) is 0 Å². The Morgan fingerprint density at radius 3 is 1.19 bits per heavy atom. The summed E-state index contributed by atoms with van der Waals surface area (Å²) in [6, 6.07) is -1.19. The first-order valence-corrected chi connectivity index (χ1v) is 32.2. The molecule has 11 heteroatoms. The van der Waals surface area contributed by atoms with Crippen molar-refractivity contribution >= 4 is 5.91 Å². The number of nitrogens with one attached hydrogen (secondary N) is 1. The van der Waals surface area contributed by atoms with E-state index in [1.54, 1.807) is 0 Å². The predicted molar refractivity (Wildman–Crippen MR) is 312 cm³/mol. The SMILES string of the molecule is CCCCCCCCCCCCCCCCCCC/C=C/CC/C=C/CCCC(O)C(O)C(COC1OC(CO)C(O)C(O)C1O)NC(=O)C(O)CCCCCCCCCCCCCCCCCCCCCCCC. The highest BCUT2D eigenvalue weighted by Gasteiger charge is 2.44. The Kier molecular flexibility index (Phi) is 50.8. The molecule has 0 bridgehead atoms. The van der Waals surface area contributed by atoms with Crippen molar-refractivity contribution in [2.24, 2.45) is 0 Å². The molecule has 1 heterocycles. The van der Waals surface area contributed by atoms with E-state index in [9.17, 15) is 40.5 Å². The molecule has 0 saturated carbocycles. The number of amides is 1. The monoisotopic (exact) mass is 1070 g/mol. The third-order valence-corrected chi connectivity index (χ3v) is 15.7. The van der Waals surface area contributed by atoms with Crippen molar-refractivity contribution in [2.75, 3.05) is 13.2 Å². The first-order valence-electron chi connectivity index (χ1n) is 32.2. The van der Waals surface area contributed by atoms with Crippen LogP contribution in [0.2, 0.25) is 0 Å². The van der Waals surface area contributed by atoms with Crippen LogP contribution < -0.4 is 5.32 Å². The summed E-state index contributed by atoms with van der Waals surface area (Å²) in [5.41, 5.74) is 0. The molecule has 0 spiro atoms. The number of carbonyl (C=O) groups excluding carboxylic acids is 1. The van der Waals surface area contributed by atoms with Gasteiger partial charge in [-0.05, 0) is 51.4 Å². The number of allylic oxidation sites excluding steroid dienone is 4. The zero-order chi connectivity index (χ0) is 54.7.